The molecular formula is C12H7FINO. The normalized spacial score (nSPS) is 10.1. The van der Waals surface area contributed by atoms with Crippen LogP contribution in [0.3, 0.4) is 0 Å². The van der Waals surface area contributed by atoms with Gasteiger partial charge in [0.25, 0.3) is 0 Å². The van der Waals surface area contributed by atoms with E-state index in [2.05, 4.69) is 4.98 Å². The lowest BCUT2D eigenvalue weighted by atomic mass is 10.1. The Balaban J connectivity index is 2.46. The van der Waals surface area contributed by atoms with Gasteiger partial charge in [-0.15, -0.1) is 0 Å². The van der Waals surface area contributed by atoms with Crippen LogP contribution < -0.4 is 0 Å². The molecule has 0 radical (unpaired) electrons. The molecule has 1 heterocycles. The Morgan fingerprint density at radius 2 is 2.06 bits per heavy atom. The number of aromatic nitrogens is 1. The minimum Gasteiger partial charge on any atom is -0.287 e. The first-order chi connectivity index (χ1) is 7.68. The van der Waals surface area contributed by atoms with Gasteiger partial charge in [-0.25, -0.2) is 4.39 Å². The van der Waals surface area contributed by atoms with Gasteiger partial charge in [-0.3, -0.25) is 9.78 Å². The number of nitrogens with zero attached hydrogens (tertiary/aromatic N) is 1. The van der Waals surface area contributed by atoms with Gasteiger partial charge in [-0.05, 0) is 52.9 Å². The molecule has 80 valence electrons. The molecule has 2 nitrogen and oxygen atoms in total. The van der Waals surface area contributed by atoms with Crippen LogP contribution in [0.5, 0.6) is 0 Å². The lowest BCUT2D eigenvalue weighted by Gasteiger charge is -2.02. The molecule has 0 atom stereocenters. The van der Waals surface area contributed by atoms with E-state index in [-0.39, 0.29) is 5.78 Å². The van der Waals surface area contributed by atoms with Crippen LogP contribution in [0.15, 0.2) is 42.6 Å². The summed E-state index contributed by atoms with van der Waals surface area (Å²) in [4.78, 5) is 15.9. The van der Waals surface area contributed by atoms with Gasteiger partial charge in [0.05, 0.1) is 0 Å². The molecule has 0 aliphatic heterocycles. The van der Waals surface area contributed by atoms with Gasteiger partial charge < -0.3 is 0 Å². The summed E-state index contributed by atoms with van der Waals surface area (Å²) in [5.41, 5.74) is 0.672. The minimum atomic E-state index is -0.417. The molecule has 0 spiro atoms. The topological polar surface area (TPSA) is 30.0 Å². The summed E-state index contributed by atoms with van der Waals surface area (Å²) in [6, 6.07) is 9.21. The van der Waals surface area contributed by atoms with Crippen molar-refractivity contribution >= 4 is 28.4 Å². The minimum absolute atomic E-state index is 0.260. The zero-order valence-electron chi connectivity index (χ0n) is 8.15. The summed E-state index contributed by atoms with van der Waals surface area (Å²) in [5.74, 6) is -0.677. The Morgan fingerprint density at radius 3 is 2.75 bits per heavy atom. The molecule has 2 rings (SSSR count). The predicted octanol–water partition coefficient (Wildman–Crippen LogP) is 3.06. The van der Waals surface area contributed by atoms with Gasteiger partial charge in [0, 0.05) is 15.3 Å². The van der Waals surface area contributed by atoms with E-state index in [9.17, 15) is 9.18 Å². The Kier molecular flexibility index (Phi) is 3.28. The van der Waals surface area contributed by atoms with Crippen LogP contribution in [0, 0.1) is 9.39 Å². The molecular weight excluding hydrogens is 320 g/mol. The molecule has 0 amide bonds. The van der Waals surface area contributed by atoms with Crippen molar-refractivity contribution in [1.29, 1.82) is 0 Å². The summed E-state index contributed by atoms with van der Waals surface area (Å²) < 4.78 is 13.8. The second-order valence-electron chi connectivity index (χ2n) is 3.17. The standard InChI is InChI=1S/C12H7FINO/c13-8-4-5-10(14)9(7-8)12(16)11-3-1-2-6-15-11/h1-7H. The van der Waals surface area contributed by atoms with E-state index >= 15 is 0 Å². The molecule has 0 bridgehead atoms. The molecule has 16 heavy (non-hydrogen) atoms. The zero-order chi connectivity index (χ0) is 11.5. The largest absolute Gasteiger partial charge is 0.287 e. The van der Waals surface area contributed by atoms with Crippen molar-refractivity contribution in [3.63, 3.8) is 0 Å². The van der Waals surface area contributed by atoms with Crippen molar-refractivity contribution in [2.45, 2.75) is 0 Å². The molecule has 1 aromatic carbocycles. The van der Waals surface area contributed by atoms with Crippen molar-refractivity contribution in [2.75, 3.05) is 0 Å². The quantitative estimate of drug-likeness (QED) is 0.627. The Hall–Kier alpha value is -1.30. The summed E-state index contributed by atoms with van der Waals surface area (Å²) >= 11 is 2.00. The molecule has 0 unspecified atom stereocenters. The fourth-order valence-electron chi connectivity index (χ4n) is 1.31. The molecule has 0 aliphatic carbocycles. The third-order valence-corrected chi connectivity index (χ3v) is 3.01. The second kappa shape index (κ2) is 4.69. The van der Waals surface area contributed by atoms with Gasteiger partial charge in [0.15, 0.2) is 0 Å². The van der Waals surface area contributed by atoms with Crippen LogP contribution in [0.25, 0.3) is 0 Å². The third-order valence-electron chi connectivity index (χ3n) is 2.07. The maximum Gasteiger partial charge on any atom is 0.212 e. The van der Waals surface area contributed by atoms with Crippen molar-refractivity contribution in [2.24, 2.45) is 0 Å². The van der Waals surface area contributed by atoms with Gasteiger partial charge in [-0.2, -0.15) is 0 Å². The van der Waals surface area contributed by atoms with Crippen LogP contribution in [-0.2, 0) is 0 Å². The van der Waals surface area contributed by atoms with E-state index in [1.54, 1.807) is 30.5 Å². The first-order valence-corrected chi connectivity index (χ1v) is 5.67. The number of pyridine rings is 1. The smallest absolute Gasteiger partial charge is 0.212 e. The number of halogens is 2. The monoisotopic (exact) mass is 327 g/mol. The number of benzene rings is 1. The maximum absolute atomic E-state index is 13.0. The van der Waals surface area contributed by atoms with E-state index in [0.717, 1.165) is 3.57 Å². The highest BCUT2D eigenvalue weighted by Gasteiger charge is 2.13. The van der Waals surface area contributed by atoms with E-state index in [1.165, 1.54) is 12.1 Å². The second-order valence-corrected chi connectivity index (χ2v) is 4.33. The fraction of sp³-hybridized carbons (Fsp3) is 0. The Labute approximate surface area is 106 Å². The van der Waals surface area contributed by atoms with Gasteiger partial charge in [0.2, 0.25) is 5.78 Å². The number of ketones is 1. The SMILES string of the molecule is O=C(c1ccccn1)c1cc(F)ccc1I. The highest BCUT2D eigenvalue weighted by Crippen LogP contribution is 2.16. The van der Waals surface area contributed by atoms with Crippen LogP contribution >= 0.6 is 22.6 Å². The molecule has 0 aliphatic rings. The fourth-order valence-corrected chi connectivity index (χ4v) is 1.89. The highest BCUT2D eigenvalue weighted by molar-refractivity contribution is 14.1. The molecule has 4 heteroatoms. The van der Waals surface area contributed by atoms with E-state index in [1.807, 2.05) is 22.6 Å². The summed E-state index contributed by atoms with van der Waals surface area (Å²) in [6.07, 6.45) is 1.54. The van der Waals surface area contributed by atoms with Gasteiger partial charge >= 0.3 is 0 Å². The van der Waals surface area contributed by atoms with E-state index in [0.29, 0.717) is 11.3 Å². The van der Waals surface area contributed by atoms with Gasteiger partial charge in [-0.1, -0.05) is 6.07 Å². The van der Waals surface area contributed by atoms with Crippen LogP contribution in [0.2, 0.25) is 0 Å². The average Bonchev–Trinajstić information content (AvgIpc) is 2.32. The summed E-state index contributed by atoms with van der Waals surface area (Å²) in [6.45, 7) is 0. The molecule has 0 saturated heterocycles. The van der Waals surface area contributed by atoms with E-state index < -0.39 is 5.82 Å². The van der Waals surface area contributed by atoms with Crippen molar-refractivity contribution < 1.29 is 9.18 Å². The molecule has 0 saturated carbocycles. The van der Waals surface area contributed by atoms with Crippen LogP contribution in [0.4, 0.5) is 4.39 Å². The first-order valence-electron chi connectivity index (χ1n) is 4.59. The lowest BCUT2D eigenvalue weighted by Crippen LogP contribution is -2.06. The Morgan fingerprint density at radius 1 is 1.25 bits per heavy atom. The highest BCUT2D eigenvalue weighted by atomic mass is 127. The van der Waals surface area contributed by atoms with Crippen molar-refractivity contribution in [3.8, 4) is 0 Å². The third kappa shape index (κ3) is 2.27. The zero-order valence-corrected chi connectivity index (χ0v) is 10.3. The molecule has 0 fully saturated rings. The number of hydrogen-bond acceptors (Lipinski definition) is 2. The molecule has 1 aromatic heterocycles. The lowest BCUT2D eigenvalue weighted by molar-refractivity contribution is 0.103. The molecule has 0 N–H and O–H groups in total. The Bertz CT molecular complexity index is 528. The number of hydrogen-bond donors (Lipinski definition) is 0. The first kappa shape index (κ1) is 11.2. The number of rotatable bonds is 2. The van der Waals surface area contributed by atoms with Crippen molar-refractivity contribution in [3.05, 3.63) is 63.2 Å². The number of carbonyl (C=O) groups excluding carboxylic acids is 1. The average molecular weight is 327 g/mol. The van der Waals surface area contributed by atoms with Gasteiger partial charge in [0.1, 0.15) is 11.5 Å². The van der Waals surface area contributed by atoms with Crippen LogP contribution in [0.1, 0.15) is 16.1 Å². The van der Waals surface area contributed by atoms with E-state index in [4.69, 9.17) is 0 Å². The summed E-state index contributed by atoms with van der Waals surface area (Å²) in [5, 5.41) is 0. The molecule has 2 aromatic rings. The summed E-state index contributed by atoms with van der Waals surface area (Å²) in [7, 11) is 0. The maximum atomic E-state index is 13.0. The van der Waals surface area contributed by atoms with Crippen molar-refractivity contribution in [1.82, 2.24) is 4.98 Å². The number of carbonyl (C=O) groups is 1. The van der Waals surface area contributed by atoms with Crippen LogP contribution in [-0.4, -0.2) is 10.8 Å². The predicted molar refractivity (Wildman–Crippen MR) is 66.8 cm³/mol.